The molecule has 200 valence electrons. The molecule has 0 saturated heterocycles. The Morgan fingerprint density at radius 2 is 0.800 bits per heavy atom. The summed E-state index contributed by atoms with van der Waals surface area (Å²) in [6, 6.07) is 42.9. The van der Waals surface area contributed by atoms with E-state index < -0.39 is 10.1 Å². The molecule has 0 spiro atoms. The predicted octanol–water partition coefficient (Wildman–Crippen LogP) is 1.79. The summed E-state index contributed by atoms with van der Waals surface area (Å²) >= 11 is 1.33. The fourth-order valence-corrected chi connectivity index (χ4v) is 13.4. The number of halogens is 2. The van der Waals surface area contributed by atoms with Gasteiger partial charge in [-0.3, -0.25) is 12.2 Å². The number of allylic oxidation sites excluding steroid dienone is 8. The molecule has 4 aromatic carbocycles. The molecule has 0 radical (unpaired) electrons. The van der Waals surface area contributed by atoms with Gasteiger partial charge in [0.25, 0.3) is 0 Å². The average molecular weight is 787 g/mol. The van der Waals surface area contributed by atoms with Crippen molar-refractivity contribution in [1.29, 1.82) is 0 Å². The topological polar surface area (TPSA) is 0 Å². The molecule has 4 heteroatoms. The van der Waals surface area contributed by atoms with Crippen LogP contribution >= 0.6 is 0 Å². The van der Waals surface area contributed by atoms with Gasteiger partial charge < -0.3 is 24.8 Å². The van der Waals surface area contributed by atoms with Gasteiger partial charge in [-0.05, 0) is 11.1 Å². The first-order valence-electron chi connectivity index (χ1n) is 13.0. The predicted molar refractivity (Wildman–Crippen MR) is 161 cm³/mol. The Labute approximate surface area is 268 Å². The molecule has 0 atom stereocenters. The van der Waals surface area contributed by atoms with Crippen molar-refractivity contribution in [2.45, 2.75) is 26.7 Å². The zero-order valence-corrected chi connectivity index (χ0v) is 30.1. The molecule has 0 unspecified atom stereocenters. The van der Waals surface area contributed by atoms with Crippen LogP contribution in [0.2, 0.25) is 0 Å². The van der Waals surface area contributed by atoms with Gasteiger partial charge in [-0.15, -0.1) is 24.0 Å². The average Bonchev–Trinajstić information content (AvgIpc) is 3.63. The van der Waals surface area contributed by atoms with Crippen LogP contribution in [-0.4, -0.2) is 10.1 Å². The first-order chi connectivity index (χ1) is 18.6. The third kappa shape index (κ3) is 10.7. The van der Waals surface area contributed by atoms with Crippen molar-refractivity contribution < 1.29 is 46.1 Å². The van der Waals surface area contributed by atoms with Crippen LogP contribution in [-0.2, 0) is 21.3 Å². The second-order valence-electron chi connectivity index (χ2n) is 9.25. The van der Waals surface area contributed by atoms with Gasteiger partial charge in [0.1, 0.15) is 0 Å². The molecule has 0 aromatic heterocycles. The standard InChI is InChI=1S/C12H10Ge.2C12H11.2ClH.Hf/c1-3-7-11(8-4-1)13-12-9-5-2-6-10-12;2*1-10-7-8-12(9-10)11-5-3-2-4-6-11;;;/h1-10H;2*2-6,9H,8H2,1H3;2*1H;/q;2*-1;;;+2/p-2. The van der Waals surface area contributed by atoms with E-state index >= 15 is 0 Å². The van der Waals surface area contributed by atoms with Gasteiger partial charge in [0, 0.05) is 0 Å². The van der Waals surface area contributed by atoms with Crippen LogP contribution in [0.5, 0.6) is 0 Å². The summed E-state index contributed by atoms with van der Waals surface area (Å²) in [6.45, 7) is 4.19. The first-order valence-corrected chi connectivity index (χ1v) is 25.4. The normalized spacial score (nSPS) is 12.9. The van der Waals surface area contributed by atoms with Crippen LogP contribution in [0.4, 0.5) is 0 Å². The third-order valence-corrected chi connectivity index (χ3v) is 20.9. The monoisotopic (exact) mass is 788 g/mol. The Morgan fingerprint density at radius 1 is 0.500 bits per heavy atom. The van der Waals surface area contributed by atoms with Crippen molar-refractivity contribution in [2.24, 2.45) is 0 Å². The van der Waals surface area contributed by atoms with Gasteiger partial charge in [0.05, 0.1) is 0 Å². The Balaban J connectivity index is 0.000000206. The van der Waals surface area contributed by atoms with Gasteiger partial charge in [-0.1, -0.05) is 74.5 Å². The summed E-state index contributed by atoms with van der Waals surface area (Å²) in [4.78, 5) is 0. The Morgan fingerprint density at radius 3 is 1.07 bits per heavy atom. The Bertz CT molecular complexity index is 1340. The summed E-state index contributed by atoms with van der Waals surface area (Å²) < 4.78 is 3.20. The SMILES string of the molecule is CC1=[C-]CC(c2ccccc2)=C1.CC1=[C-]CC(c2ccccc2)=C1.[Cl-].[Cl-].[Hf+2]=[Ge]([c]1ccccc1)[c]1ccccc1. The van der Waals surface area contributed by atoms with E-state index in [0.29, 0.717) is 0 Å². The Kier molecular flexibility index (Phi) is 15.6. The Hall–Kier alpha value is -2.17. The minimum absolute atomic E-state index is 0. The van der Waals surface area contributed by atoms with E-state index in [1.165, 1.54) is 54.7 Å². The molecular weight excluding hydrogens is 754 g/mol. The zero-order valence-electron chi connectivity index (χ0n) is 22.9. The van der Waals surface area contributed by atoms with Crippen LogP contribution in [0.15, 0.2) is 145 Å². The summed E-state index contributed by atoms with van der Waals surface area (Å²) in [5.41, 5.74) is 7.92. The van der Waals surface area contributed by atoms with Crippen molar-refractivity contribution in [2.75, 3.05) is 0 Å². The maximum atomic E-state index is 3.29. The van der Waals surface area contributed by atoms with Gasteiger partial charge >= 0.3 is 101 Å². The summed E-state index contributed by atoms with van der Waals surface area (Å²) in [5.74, 6) is 0. The number of hydrogen-bond acceptors (Lipinski definition) is 0. The summed E-state index contributed by atoms with van der Waals surface area (Å²) in [6.07, 6.45) is 12.9. The van der Waals surface area contributed by atoms with Crippen LogP contribution in [0.25, 0.3) is 11.1 Å². The second kappa shape index (κ2) is 18.3. The van der Waals surface area contributed by atoms with Gasteiger partial charge in [-0.25, -0.2) is 23.3 Å². The van der Waals surface area contributed by atoms with Crippen molar-refractivity contribution in [3.05, 3.63) is 168 Å². The van der Waals surface area contributed by atoms with E-state index in [2.05, 4.69) is 147 Å². The van der Waals surface area contributed by atoms with Gasteiger partial charge in [-0.2, -0.15) is 0 Å². The molecule has 0 saturated carbocycles. The second-order valence-corrected chi connectivity index (χ2v) is 22.6. The molecule has 2 aliphatic rings. The van der Waals surface area contributed by atoms with E-state index in [0.717, 1.165) is 12.8 Å². The van der Waals surface area contributed by atoms with E-state index in [1.807, 2.05) is 12.1 Å². The molecule has 6 rings (SSSR count). The maximum absolute atomic E-state index is 3.29. The van der Waals surface area contributed by atoms with Crippen molar-refractivity contribution in [3.63, 3.8) is 0 Å². The number of benzene rings is 4. The van der Waals surface area contributed by atoms with E-state index in [4.69, 9.17) is 0 Å². The van der Waals surface area contributed by atoms with Crippen LogP contribution < -0.4 is 33.6 Å². The molecule has 0 amide bonds. The van der Waals surface area contributed by atoms with E-state index in [1.54, 1.807) is 8.79 Å². The quantitative estimate of drug-likeness (QED) is 0.219. The van der Waals surface area contributed by atoms with E-state index in [9.17, 15) is 0 Å². The molecule has 0 heterocycles. The van der Waals surface area contributed by atoms with E-state index in [-0.39, 0.29) is 24.8 Å². The fraction of sp³-hybridized carbons (Fsp3) is 0.111. The molecule has 0 N–H and O–H groups in total. The molecule has 40 heavy (non-hydrogen) atoms. The fourth-order valence-electron chi connectivity index (χ4n) is 4.25. The molecule has 0 nitrogen and oxygen atoms in total. The molecule has 2 aliphatic carbocycles. The van der Waals surface area contributed by atoms with Gasteiger partial charge in [0.2, 0.25) is 0 Å². The number of rotatable bonds is 4. The van der Waals surface area contributed by atoms with Crippen LogP contribution in [0.3, 0.4) is 0 Å². The summed E-state index contributed by atoms with van der Waals surface area (Å²) in [5, 5.41) is 0. The van der Waals surface area contributed by atoms with Crippen LogP contribution in [0, 0.1) is 12.2 Å². The van der Waals surface area contributed by atoms with Gasteiger partial charge in [0.15, 0.2) is 0 Å². The van der Waals surface area contributed by atoms with Crippen LogP contribution in [0.1, 0.15) is 37.8 Å². The summed E-state index contributed by atoms with van der Waals surface area (Å²) in [7, 11) is -1.06. The van der Waals surface area contributed by atoms with Crippen molar-refractivity contribution >= 4 is 30.0 Å². The molecule has 0 aliphatic heterocycles. The molecule has 0 bridgehead atoms. The number of hydrogen-bond donors (Lipinski definition) is 0. The zero-order chi connectivity index (χ0) is 26.6. The molecular formula is C36H32Cl2GeHf-2. The molecule has 0 fully saturated rings. The minimum atomic E-state index is -1.06. The van der Waals surface area contributed by atoms with Crippen molar-refractivity contribution in [1.82, 2.24) is 0 Å². The first kappa shape index (κ1) is 34.0. The molecule has 4 aromatic rings. The van der Waals surface area contributed by atoms with Crippen molar-refractivity contribution in [3.8, 4) is 0 Å². The third-order valence-electron chi connectivity index (χ3n) is 6.31.